The van der Waals surface area contributed by atoms with Crippen molar-refractivity contribution in [2.75, 3.05) is 7.05 Å². The van der Waals surface area contributed by atoms with Crippen molar-refractivity contribution in [1.82, 2.24) is 15.6 Å². The predicted molar refractivity (Wildman–Crippen MR) is 60.2 cm³/mol. The molecule has 8 heteroatoms. The maximum atomic E-state index is 12.5. The number of halogens is 1. The van der Waals surface area contributed by atoms with Crippen LogP contribution in [0.2, 0.25) is 0 Å². The number of nitrogens with zero attached hydrogens (tertiary/aromatic N) is 2. The molecule has 7 nitrogen and oxygen atoms in total. The summed E-state index contributed by atoms with van der Waals surface area (Å²) in [7, 11) is 1.44. The zero-order valence-electron chi connectivity index (χ0n) is 9.51. The predicted octanol–water partition coefficient (Wildman–Crippen LogP) is 0.174. The van der Waals surface area contributed by atoms with E-state index in [2.05, 4.69) is 15.6 Å². The van der Waals surface area contributed by atoms with Crippen molar-refractivity contribution in [2.24, 2.45) is 0 Å². The summed E-state index contributed by atoms with van der Waals surface area (Å²) in [6.07, 6.45) is 1.82. The molecular formula is C10H11FN4O3. The molecule has 2 N–H and O–H groups in total. The largest absolute Gasteiger partial charge is 0.369 e. The van der Waals surface area contributed by atoms with E-state index in [1.54, 1.807) is 0 Å². The van der Waals surface area contributed by atoms with Crippen LogP contribution in [0.1, 0.15) is 5.56 Å². The lowest BCUT2D eigenvalue weighted by Crippen LogP contribution is -2.31. The fourth-order valence-electron chi connectivity index (χ4n) is 1.16. The molecule has 18 heavy (non-hydrogen) atoms. The van der Waals surface area contributed by atoms with E-state index in [1.807, 2.05) is 0 Å². The van der Waals surface area contributed by atoms with Gasteiger partial charge < -0.3 is 10.6 Å². The Morgan fingerprint density at radius 3 is 2.83 bits per heavy atom. The van der Waals surface area contributed by atoms with Crippen LogP contribution in [0.5, 0.6) is 0 Å². The molecule has 1 aromatic heterocycles. The van der Waals surface area contributed by atoms with E-state index in [4.69, 9.17) is 0 Å². The Kier molecular flexibility index (Phi) is 4.73. The minimum absolute atomic E-state index is 0.0277. The van der Waals surface area contributed by atoms with Gasteiger partial charge in [-0.1, -0.05) is 6.07 Å². The summed E-state index contributed by atoms with van der Waals surface area (Å²) in [5.74, 6) is -1.13. The fourth-order valence-corrected chi connectivity index (χ4v) is 1.16. The van der Waals surface area contributed by atoms with Crippen molar-refractivity contribution >= 4 is 5.91 Å². The highest BCUT2D eigenvalue weighted by molar-refractivity contribution is 5.79. The van der Waals surface area contributed by atoms with E-state index < -0.39 is 16.8 Å². The third-order valence-corrected chi connectivity index (χ3v) is 1.93. The molecule has 1 amide bonds. The van der Waals surface area contributed by atoms with Gasteiger partial charge in [-0.2, -0.15) is 4.39 Å². The van der Waals surface area contributed by atoms with E-state index >= 15 is 0 Å². The first-order valence-corrected chi connectivity index (χ1v) is 4.94. The molecule has 0 aromatic carbocycles. The zero-order chi connectivity index (χ0) is 13.5. The van der Waals surface area contributed by atoms with Crippen molar-refractivity contribution < 1.29 is 14.1 Å². The molecule has 0 spiro atoms. The molecule has 1 heterocycles. The molecule has 1 aromatic rings. The SMILES string of the molecule is CN/C(=C\[N+](=O)[O-])NC(=O)Cc1ccc(F)nc1. The van der Waals surface area contributed by atoms with Crippen molar-refractivity contribution in [1.29, 1.82) is 0 Å². The van der Waals surface area contributed by atoms with Gasteiger partial charge in [-0.05, 0) is 11.6 Å². The van der Waals surface area contributed by atoms with E-state index in [9.17, 15) is 19.3 Å². The summed E-state index contributed by atoms with van der Waals surface area (Å²) in [6, 6.07) is 2.55. The maximum absolute atomic E-state index is 12.5. The van der Waals surface area contributed by atoms with Gasteiger partial charge in [-0.3, -0.25) is 14.9 Å². The molecule has 0 aliphatic rings. The molecule has 0 fully saturated rings. The summed E-state index contributed by atoms with van der Waals surface area (Å²) >= 11 is 0. The number of carbonyl (C=O) groups excluding carboxylic acids is 1. The summed E-state index contributed by atoms with van der Waals surface area (Å²) in [5.41, 5.74) is 0.505. The molecule has 0 aliphatic heterocycles. The second-order valence-corrected chi connectivity index (χ2v) is 3.29. The fraction of sp³-hybridized carbons (Fsp3) is 0.200. The van der Waals surface area contributed by atoms with Gasteiger partial charge in [0.15, 0.2) is 5.82 Å². The van der Waals surface area contributed by atoms with E-state index in [-0.39, 0.29) is 12.2 Å². The number of aromatic nitrogens is 1. The Balaban J connectivity index is 2.61. The van der Waals surface area contributed by atoms with Gasteiger partial charge in [0, 0.05) is 13.2 Å². The van der Waals surface area contributed by atoms with Crippen molar-refractivity contribution in [3.8, 4) is 0 Å². The van der Waals surface area contributed by atoms with Crippen LogP contribution in [0.4, 0.5) is 4.39 Å². The number of hydrogen-bond donors (Lipinski definition) is 2. The molecular weight excluding hydrogens is 243 g/mol. The normalized spacial score (nSPS) is 10.9. The van der Waals surface area contributed by atoms with Gasteiger partial charge in [-0.25, -0.2) is 4.98 Å². The van der Waals surface area contributed by atoms with Gasteiger partial charge in [0.1, 0.15) is 0 Å². The number of pyridine rings is 1. The second-order valence-electron chi connectivity index (χ2n) is 3.29. The average molecular weight is 254 g/mol. The number of carbonyl (C=O) groups is 1. The first-order chi connectivity index (χ1) is 8.51. The Morgan fingerprint density at radius 1 is 1.61 bits per heavy atom. The summed E-state index contributed by atoms with van der Waals surface area (Å²) in [5, 5.41) is 15.0. The first-order valence-electron chi connectivity index (χ1n) is 4.94. The minimum Gasteiger partial charge on any atom is -0.369 e. The first kappa shape index (κ1) is 13.6. The molecule has 96 valence electrons. The lowest BCUT2D eigenvalue weighted by molar-refractivity contribution is -0.404. The van der Waals surface area contributed by atoms with Crippen molar-refractivity contribution in [3.63, 3.8) is 0 Å². The zero-order valence-corrected chi connectivity index (χ0v) is 9.51. The monoisotopic (exact) mass is 254 g/mol. The third kappa shape index (κ3) is 4.56. The molecule has 0 bridgehead atoms. The molecule has 1 rings (SSSR count). The van der Waals surface area contributed by atoms with Crippen molar-refractivity contribution in [2.45, 2.75) is 6.42 Å². The quantitative estimate of drug-likeness (QED) is 0.443. The van der Waals surface area contributed by atoms with Crippen LogP contribution in [0, 0.1) is 16.1 Å². The number of hydrogen-bond acceptors (Lipinski definition) is 5. The molecule has 0 saturated carbocycles. The second kappa shape index (κ2) is 6.28. The molecule has 0 saturated heterocycles. The number of nitro groups is 1. The Bertz CT molecular complexity index is 473. The highest BCUT2D eigenvalue weighted by Crippen LogP contribution is 2.00. The van der Waals surface area contributed by atoms with Crippen LogP contribution in [0.25, 0.3) is 0 Å². The highest BCUT2D eigenvalue weighted by atomic mass is 19.1. The molecule has 0 unspecified atom stereocenters. The number of rotatable bonds is 5. The summed E-state index contributed by atoms with van der Waals surface area (Å²) in [6.45, 7) is 0. The van der Waals surface area contributed by atoms with Crippen LogP contribution < -0.4 is 10.6 Å². The van der Waals surface area contributed by atoms with Crippen molar-refractivity contribution in [3.05, 3.63) is 52.0 Å². The molecule has 0 atom stereocenters. The molecule has 0 aliphatic carbocycles. The lowest BCUT2D eigenvalue weighted by atomic mass is 10.2. The van der Waals surface area contributed by atoms with Gasteiger partial charge in [0.05, 0.1) is 11.3 Å². The average Bonchev–Trinajstić information content (AvgIpc) is 2.30. The molecule has 0 radical (unpaired) electrons. The standard InChI is InChI=1S/C10H11FN4O3/c1-12-9(6-15(17)18)14-10(16)4-7-2-3-8(11)13-5-7/h2-3,5-6,12H,4H2,1H3,(H,14,16)/b9-6+. The van der Waals surface area contributed by atoms with Gasteiger partial charge in [0.25, 0.3) is 6.20 Å². The Morgan fingerprint density at radius 2 is 2.33 bits per heavy atom. The van der Waals surface area contributed by atoms with E-state index in [0.717, 1.165) is 6.07 Å². The van der Waals surface area contributed by atoms with E-state index in [1.165, 1.54) is 19.3 Å². The van der Waals surface area contributed by atoms with Gasteiger partial charge in [0.2, 0.25) is 11.9 Å². The highest BCUT2D eigenvalue weighted by Gasteiger charge is 2.08. The topological polar surface area (TPSA) is 97.2 Å². The number of nitrogens with one attached hydrogen (secondary N) is 2. The van der Waals surface area contributed by atoms with Gasteiger partial charge in [-0.15, -0.1) is 0 Å². The summed E-state index contributed by atoms with van der Waals surface area (Å²) < 4.78 is 12.5. The smallest absolute Gasteiger partial charge is 0.274 e. The van der Waals surface area contributed by atoms with Crippen LogP contribution in [0.3, 0.4) is 0 Å². The van der Waals surface area contributed by atoms with Gasteiger partial charge >= 0.3 is 0 Å². The minimum atomic E-state index is -0.689. The number of amides is 1. The Hall–Kier alpha value is -2.51. The maximum Gasteiger partial charge on any atom is 0.274 e. The summed E-state index contributed by atoms with van der Waals surface area (Å²) in [4.78, 5) is 24.5. The van der Waals surface area contributed by atoms with Crippen LogP contribution in [-0.4, -0.2) is 22.9 Å². The Labute approximate surface area is 102 Å². The van der Waals surface area contributed by atoms with Crippen LogP contribution in [-0.2, 0) is 11.2 Å². The van der Waals surface area contributed by atoms with Crippen LogP contribution >= 0.6 is 0 Å². The lowest BCUT2D eigenvalue weighted by Gasteiger charge is -2.06. The van der Waals surface area contributed by atoms with E-state index in [0.29, 0.717) is 11.8 Å². The third-order valence-electron chi connectivity index (χ3n) is 1.93. The van der Waals surface area contributed by atoms with Crippen LogP contribution in [0.15, 0.2) is 30.4 Å².